The minimum absolute atomic E-state index is 0.555. The van der Waals surface area contributed by atoms with Crippen molar-refractivity contribution in [3.05, 3.63) is 107 Å². The van der Waals surface area contributed by atoms with Crippen molar-refractivity contribution in [2.45, 2.75) is 26.6 Å². The average Bonchev–Trinajstić information content (AvgIpc) is 2.76. The second-order valence-corrected chi connectivity index (χ2v) is 7.27. The molecule has 0 amide bonds. The number of rotatable bonds is 9. The van der Waals surface area contributed by atoms with E-state index in [-0.39, 0.29) is 0 Å². The van der Waals surface area contributed by atoms with E-state index in [0.717, 1.165) is 39.9 Å². The first kappa shape index (κ1) is 20.2. The minimum Gasteiger partial charge on any atom is -0.489 e. The van der Waals surface area contributed by atoms with Gasteiger partial charge in [0.25, 0.3) is 0 Å². The molecule has 0 spiro atoms. The van der Waals surface area contributed by atoms with Gasteiger partial charge in [0.1, 0.15) is 24.7 Å². The van der Waals surface area contributed by atoms with Gasteiger partial charge in [-0.1, -0.05) is 88.2 Å². The number of ether oxygens (including phenoxy) is 2. The van der Waals surface area contributed by atoms with E-state index in [1.807, 2.05) is 48.5 Å². The summed E-state index contributed by atoms with van der Waals surface area (Å²) in [6, 6.07) is 26.5. The molecule has 144 valence electrons. The van der Waals surface area contributed by atoms with E-state index in [9.17, 15) is 0 Å². The van der Waals surface area contributed by atoms with E-state index in [4.69, 9.17) is 9.47 Å². The quantitative estimate of drug-likeness (QED) is 0.273. The zero-order chi connectivity index (χ0) is 19.6. The molecule has 0 unspecified atom stereocenters. The Kier molecular flexibility index (Phi) is 7.74. The molecule has 0 saturated carbocycles. The van der Waals surface area contributed by atoms with E-state index in [0.29, 0.717) is 13.2 Å². The van der Waals surface area contributed by atoms with Crippen LogP contribution in [0.1, 0.15) is 23.6 Å². The molecule has 3 aromatic carbocycles. The molecule has 0 N–H and O–H groups in total. The van der Waals surface area contributed by atoms with Gasteiger partial charge < -0.3 is 9.47 Å². The normalized spacial score (nSPS) is 11.3. The van der Waals surface area contributed by atoms with E-state index in [2.05, 4.69) is 59.3 Å². The highest BCUT2D eigenvalue weighted by molar-refractivity contribution is 9.09. The van der Waals surface area contributed by atoms with Gasteiger partial charge in [-0.05, 0) is 42.7 Å². The van der Waals surface area contributed by atoms with Gasteiger partial charge in [-0.25, -0.2) is 0 Å². The van der Waals surface area contributed by atoms with Crippen molar-refractivity contribution in [2.75, 3.05) is 5.33 Å². The minimum atomic E-state index is 0.555. The van der Waals surface area contributed by atoms with Crippen LogP contribution in [0, 0.1) is 0 Å². The van der Waals surface area contributed by atoms with E-state index in [1.54, 1.807) is 0 Å². The number of benzene rings is 3. The first-order valence-electron chi connectivity index (χ1n) is 9.42. The maximum absolute atomic E-state index is 6.11. The Labute approximate surface area is 176 Å². The standard InChI is InChI=1S/C25H25BrO2/c1-20(17-26)12-13-23-16-24(27-18-21-8-4-2-5-9-21)14-15-25(23)28-19-22-10-6-3-7-11-22/h2-12,14-16H,13,17-19H2,1H3/b20-12+. The largest absolute Gasteiger partial charge is 0.489 e. The van der Waals surface area contributed by atoms with E-state index in [1.165, 1.54) is 5.57 Å². The monoisotopic (exact) mass is 436 g/mol. The first-order valence-corrected chi connectivity index (χ1v) is 10.5. The number of allylic oxidation sites excluding steroid dienone is 2. The summed E-state index contributed by atoms with van der Waals surface area (Å²) in [5.74, 6) is 1.75. The second-order valence-electron chi connectivity index (χ2n) is 6.71. The predicted octanol–water partition coefficient (Wildman–Crippen LogP) is 6.73. The molecule has 0 atom stereocenters. The van der Waals surface area contributed by atoms with Crippen LogP contribution in [0.3, 0.4) is 0 Å². The lowest BCUT2D eigenvalue weighted by atomic mass is 10.1. The Morgan fingerprint density at radius 1 is 0.821 bits per heavy atom. The van der Waals surface area contributed by atoms with Crippen LogP contribution in [0.25, 0.3) is 0 Å². The molecule has 0 aliphatic carbocycles. The maximum atomic E-state index is 6.11. The fourth-order valence-corrected chi connectivity index (χ4v) is 2.99. The van der Waals surface area contributed by atoms with Crippen LogP contribution in [0.15, 0.2) is 90.5 Å². The van der Waals surface area contributed by atoms with Crippen LogP contribution >= 0.6 is 15.9 Å². The smallest absolute Gasteiger partial charge is 0.123 e. The Balaban J connectivity index is 1.73. The summed E-state index contributed by atoms with van der Waals surface area (Å²) in [6.45, 7) is 3.23. The second kappa shape index (κ2) is 10.7. The predicted molar refractivity (Wildman–Crippen MR) is 119 cm³/mol. The lowest BCUT2D eigenvalue weighted by molar-refractivity contribution is 0.295. The van der Waals surface area contributed by atoms with E-state index < -0.39 is 0 Å². The summed E-state index contributed by atoms with van der Waals surface area (Å²) in [6.07, 6.45) is 3.03. The van der Waals surface area contributed by atoms with Crippen molar-refractivity contribution in [1.29, 1.82) is 0 Å². The van der Waals surface area contributed by atoms with Gasteiger partial charge in [0.15, 0.2) is 0 Å². The summed E-state index contributed by atoms with van der Waals surface area (Å²) in [5, 5.41) is 0.872. The third-order valence-electron chi connectivity index (χ3n) is 4.40. The first-order chi connectivity index (χ1) is 13.7. The van der Waals surface area contributed by atoms with Crippen molar-refractivity contribution >= 4 is 15.9 Å². The molecule has 28 heavy (non-hydrogen) atoms. The van der Waals surface area contributed by atoms with Gasteiger partial charge in [0.05, 0.1) is 0 Å². The molecule has 3 rings (SSSR count). The average molecular weight is 437 g/mol. The number of hydrogen-bond acceptors (Lipinski definition) is 2. The molecule has 0 heterocycles. The van der Waals surface area contributed by atoms with E-state index >= 15 is 0 Å². The van der Waals surface area contributed by atoms with Gasteiger partial charge in [0.2, 0.25) is 0 Å². The summed E-state index contributed by atoms with van der Waals surface area (Å²) >= 11 is 3.51. The highest BCUT2D eigenvalue weighted by Crippen LogP contribution is 2.27. The van der Waals surface area contributed by atoms with Gasteiger partial charge in [0, 0.05) is 10.9 Å². The third kappa shape index (κ3) is 6.28. The van der Waals surface area contributed by atoms with Crippen LogP contribution in [0.2, 0.25) is 0 Å². The lowest BCUT2D eigenvalue weighted by Gasteiger charge is -2.14. The van der Waals surface area contributed by atoms with Crippen molar-refractivity contribution in [1.82, 2.24) is 0 Å². The molecule has 0 saturated heterocycles. The molecule has 0 radical (unpaired) electrons. The molecule has 0 aliphatic heterocycles. The number of halogens is 1. The van der Waals surface area contributed by atoms with Crippen molar-refractivity contribution in [3.63, 3.8) is 0 Å². The maximum Gasteiger partial charge on any atom is 0.123 e. The Morgan fingerprint density at radius 3 is 2.04 bits per heavy atom. The highest BCUT2D eigenvalue weighted by Gasteiger charge is 2.07. The summed E-state index contributed by atoms with van der Waals surface area (Å²) in [4.78, 5) is 0. The molecule has 0 aliphatic rings. The zero-order valence-electron chi connectivity index (χ0n) is 16.1. The Morgan fingerprint density at radius 2 is 1.43 bits per heavy atom. The SMILES string of the molecule is C/C(=C\Cc1cc(OCc2ccccc2)ccc1OCc1ccccc1)CBr. The van der Waals surface area contributed by atoms with Crippen molar-refractivity contribution in [2.24, 2.45) is 0 Å². The van der Waals surface area contributed by atoms with Crippen LogP contribution in [0.5, 0.6) is 11.5 Å². The van der Waals surface area contributed by atoms with Crippen LogP contribution in [0.4, 0.5) is 0 Å². The molecule has 0 bridgehead atoms. The molecular formula is C25H25BrO2. The topological polar surface area (TPSA) is 18.5 Å². The Hall–Kier alpha value is -2.52. The molecule has 0 fully saturated rings. The summed E-state index contributed by atoms with van der Waals surface area (Å²) in [5.41, 5.74) is 4.74. The molecule has 0 aromatic heterocycles. The Bertz CT molecular complexity index is 889. The fourth-order valence-electron chi connectivity index (χ4n) is 2.76. The molecule has 3 heteroatoms. The molecule has 3 aromatic rings. The zero-order valence-corrected chi connectivity index (χ0v) is 17.7. The summed E-state index contributed by atoms with van der Waals surface area (Å²) in [7, 11) is 0. The number of hydrogen-bond donors (Lipinski definition) is 0. The van der Waals surface area contributed by atoms with Gasteiger partial charge in [-0.3, -0.25) is 0 Å². The van der Waals surface area contributed by atoms with Gasteiger partial charge in [-0.2, -0.15) is 0 Å². The summed E-state index contributed by atoms with van der Waals surface area (Å²) < 4.78 is 12.1. The van der Waals surface area contributed by atoms with Crippen molar-refractivity contribution < 1.29 is 9.47 Å². The van der Waals surface area contributed by atoms with Crippen LogP contribution < -0.4 is 9.47 Å². The number of alkyl halides is 1. The van der Waals surface area contributed by atoms with Crippen LogP contribution in [-0.4, -0.2) is 5.33 Å². The van der Waals surface area contributed by atoms with Gasteiger partial charge in [-0.15, -0.1) is 0 Å². The van der Waals surface area contributed by atoms with Crippen LogP contribution in [-0.2, 0) is 19.6 Å². The lowest BCUT2D eigenvalue weighted by Crippen LogP contribution is -2.00. The molecule has 2 nitrogen and oxygen atoms in total. The fraction of sp³-hybridized carbons (Fsp3) is 0.200. The third-order valence-corrected chi connectivity index (χ3v) is 5.28. The molecular weight excluding hydrogens is 412 g/mol. The van der Waals surface area contributed by atoms with Crippen molar-refractivity contribution in [3.8, 4) is 11.5 Å². The highest BCUT2D eigenvalue weighted by atomic mass is 79.9. The van der Waals surface area contributed by atoms with Gasteiger partial charge >= 0.3 is 0 Å².